The third-order valence-corrected chi connectivity index (χ3v) is 5.88. The van der Waals surface area contributed by atoms with E-state index >= 15 is 0 Å². The number of Topliss-reactive ketones (excluding diaryl/α,β-unsaturated/α-hetero) is 1. The Balaban J connectivity index is 0.00000289. The first-order chi connectivity index (χ1) is 15.0. The number of aromatic nitrogens is 1. The standard InChI is InChI=1S/C24H27FN2O4.Y/c1-16(28)18-4-7-21(23(14-18)29-2)30-13-3-10-27-11-8-17(9-12-27)24-20-6-5-19(25)15-22(20)31-26-24;/h4-7,14-15,17H,3,8-13H2,1-2H3;. The number of carbonyl (C=O) groups excluding carboxylic acids is 1. The molecule has 8 heteroatoms. The van der Waals surface area contributed by atoms with Crippen molar-refractivity contribution in [1.29, 1.82) is 0 Å². The third kappa shape index (κ3) is 5.75. The van der Waals surface area contributed by atoms with E-state index in [2.05, 4.69) is 10.1 Å². The number of benzene rings is 2. The molecule has 1 aliphatic heterocycles. The molecular formula is C24H27FN2O4Y. The summed E-state index contributed by atoms with van der Waals surface area (Å²) in [6.45, 7) is 5.03. The molecule has 0 amide bonds. The van der Waals surface area contributed by atoms with Gasteiger partial charge in [-0.3, -0.25) is 4.79 Å². The minimum atomic E-state index is -0.306. The number of likely N-dealkylation sites (tertiary alicyclic amines) is 1. The van der Waals surface area contributed by atoms with Crippen molar-refractivity contribution in [3.63, 3.8) is 0 Å². The van der Waals surface area contributed by atoms with Crippen LogP contribution in [0, 0.1) is 5.82 Å². The van der Waals surface area contributed by atoms with Gasteiger partial charge in [0.05, 0.1) is 19.4 Å². The van der Waals surface area contributed by atoms with Gasteiger partial charge in [0, 0.05) is 62.2 Å². The molecule has 1 aromatic heterocycles. The van der Waals surface area contributed by atoms with Crippen molar-refractivity contribution in [1.82, 2.24) is 10.1 Å². The molecule has 0 spiro atoms. The van der Waals surface area contributed by atoms with Crippen LogP contribution in [0.1, 0.15) is 48.2 Å². The molecule has 0 atom stereocenters. The Morgan fingerprint density at radius 2 is 1.97 bits per heavy atom. The number of methoxy groups -OCH3 is 1. The van der Waals surface area contributed by atoms with Crippen LogP contribution in [0.3, 0.4) is 0 Å². The van der Waals surface area contributed by atoms with Gasteiger partial charge in [-0.05, 0) is 69.6 Å². The average Bonchev–Trinajstić information content (AvgIpc) is 3.20. The maximum Gasteiger partial charge on any atom is 0.170 e. The monoisotopic (exact) mass is 515 g/mol. The van der Waals surface area contributed by atoms with E-state index in [1.54, 1.807) is 31.4 Å². The van der Waals surface area contributed by atoms with Crippen molar-refractivity contribution >= 4 is 16.8 Å². The van der Waals surface area contributed by atoms with E-state index in [-0.39, 0.29) is 44.3 Å². The van der Waals surface area contributed by atoms with Crippen LogP contribution in [0.2, 0.25) is 0 Å². The molecule has 0 unspecified atom stereocenters. The maximum atomic E-state index is 13.4. The Labute approximate surface area is 212 Å². The number of fused-ring (bicyclic) bond motifs is 1. The normalized spacial score (nSPS) is 14.8. The first-order valence-electron chi connectivity index (χ1n) is 10.6. The van der Waals surface area contributed by atoms with Crippen molar-refractivity contribution in [2.75, 3.05) is 33.4 Å². The number of carbonyl (C=O) groups is 1. The summed E-state index contributed by atoms with van der Waals surface area (Å²) in [4.78, 5) is 13.9. The summed E-state index contributed by atoms with van der Waals surface area (Å²) in [6, 6.07) is 9.87. The Bertz CT molecular complexity index is 1060. The fourth-order valence-electron chi connectivity index (χ4n) is 4.13. The molecule has 1 aliphatic rings. The van der Waals surface area contributed by atoms with Crippen LogP contribution in [-0.2, 0) is 32.7 Å². The topological polar surface area (TPSA) is 64.8 Å². The number of hydrogen-bond donors (Lipinski definition) is 0. The van der Waals surface area contributed by atoms with Gasteiger partial charge in [0.2, 0.25) is 0 Å². The number of piperidine rings is 1. The van der Waals surface area contributed by atoms with Crippen LogP contribution in [0.25, 0.3) is 11.0 Å². The fourth-order valence-corrected chi connectivity index (χ4v) is 4.13. The van der Waals surface area contributed by atoms with Crippen molar-refractivity contribution in [2.45, 2.75) is 32.1 Å². The van der Waals surface area contributed by atoms with Crippen molar-refractivity contribution in [3.8, 4) is 11.5 Å². The summed E-state index contributed by atoms with van der Waals surface area (Å²) in [7, 11) is 1.57. The Hall–Kier alpha value is -1.83. The zero-order chi connectivity index (χ0) is 21.8. The molecule has 0 N–H and O–H groups in total. The Kier molecular flexibility index (Phi) is 8.80. The first kappa shape index (κ1) is 24.8. The smallest absolute Gasteiger partial charge is 0.170 e. The van der Waals surface area contributed by atoms with Crippen molar-refractivity contribution in [2.24, 2.45) is 0 Å². The molecule has 0 aliphatic carbocycles. The predicted octanol–water partition coefficient (Wildman–Crippen LogP) is 4.82. The van der Waals surface area contributed by atoms with Crippen LogP contribution in [0.15, 0.2) is 40.9 Å². The zero-order valence-corrected chi connectivity index (χ0v) is 21.3. The number of ketones is 1. The Morgan fingerprint density at radius 3 is 2.69 bits per heavy atom. The predicted molar refractivity (Wildman–Crippen MR) is 115 cm³/mol. The van der Waals surface area contributed by atoms with Crippen LogP contribution in [-0.4, -0.2) is 49.2 Å². The second-order valence-corrected chi connectivity index (χ2v) is 7.95. The van der Waals surface area contributed by atoms with Crippen molar-refractivity contribution in [3.05, 3.63) is 53.5 Å². The third-order valence-electron chi connectivity index (χ3n) is 5.88. The van der Waals surface area contributed by atoms with Gasteiger partial charge in [-0.1, -0.05) is 5.16 Å². The molecule has 0 saturated carbocycles. The second-order valence-electron chi connectivity index (χ2n) is 7.95. The van der Waals surface area contributed by atoms with E-state index in [1.165, 1.54) is 19.1 Å². The maximum absolute atomic E-state index is 13.4. The molecule has 2 heterocycles. The number of nitrogens with zero attached hydrogens (tertiary/aromatic N) is 2. The minimum absolute atomic E-state index is 0. The van der Waals surface area contributed by atoms with Gasteiger partial charge in [0.25, 0.3) is 0 Å². The van der Waals surface area contributed by atoms with Gasteiger partial charge in [0.1, 0.15) is 5.82 Å². The SMILES string of the molecule is COc1cc(C(C)=O)ccc1OCCCN1CCC(c2noc3cc(F)ccc23)CC1.[Y]. The summed E-state index contributed by atoms with van der Waals surface area (Å²) >= 11 is 0. The van der Waals surface area contributed by atoms with E-state index in [9.17, 15) is 9.18 Å². The van der Waals surface area contributed by atoms with E-state index < -0.39 is 0 Å². The second kappa shape index (κ2) is 11.3. The molecule has 167 valence electrons. The Morgan fingerprint density at radius 1 is 1.19 bits per heavy atom. The van der Waals surface area contributed by atoms with Gasteiger partial charge in [-0.15, -0.1) is 0 Å². The molecule has 6 nitrogen and oxygen atoms in total. The van der Waals surface area contributed by atoms with Gasteiger partial charge >= 0.3 is 0 Å². The molecule has 3 aromatic rings. The number of ether oxygens (including phenoxy) is 2. The quantitative estimate of drug-likeness (QED) is 0.317. The number of hydrogen-bond acceptors (Lipinski definition) is 6. The van der Waals surface area contributed by atoms with Crippen molar-refractivity contribution < 1.29 is 55.9 Å². The molecule has 4 rings (SSSR count). The van der Waals surface area contributed by atoms with Crippen LogP contribution in [0.4, 0.5) is 4.39 Å². The molecule has 0 bridgehead atoms. The molecule has 2 aromatic carbocycles. The average molecular weight is 515 g/mol. The van der Waals surface area contributed by atoms with E-state index in [0.717, 1.165) is 50.0 Å². The molecule has 1 fully saturated rings. The molecular weight excluding hydrogens is 488 g/mol. The largest absolute Gasteiger partial charge is 0.493 e. The summed E-state index contributed by atoms with van der Waals surface area (Å²) < 4.78 is 29.9. The number of halogens is 1. The molecule has 1 saturated heterocycles. The molecule has 32 heavy (non-hydrogen) atoms. The van der Waals surface area contributed by atoms with Gasteiger partial charge in [-0.2, -0.15) is 0 Å². The van der Waals surface area contributed by atoms with Crippen LogP contribution >= 0.6 is 0 Å². The zero-order valence-electron chi connectivity index (χ0n) is 18.5. The van der Waals surface area contributed by atoms with Gasteiger partial charge in [-0.25, -0.2) is 4.39 Å². The van der Waals surface area contributed by atoms with Crippen LogP contribution in [0.5, 0.6) is 11.5 Å². The van der Waals surface area contributed by atoms with Gasteiger partial charge in [0.15, 0.2) is 22.9 Å². The summed E-state index contributed by atoms with van der Waals surface area (Å²) in [5.74, 6) is 1.26. The van der Waals surface area contributed by atoms with Gasteiger partial charge < -0.3 is 18.9 Å². The summed E-state index contributed by atoms with van der Waals surface area (Å²) in [5, 5.41) is 5.13. The minimum Gasteiger partial charge on any atom is -0.493 e. The first-order valence-corrected chi connectivity index (χ1v) is 10.6. The fraction of sp³-hybridized carbons (Fsp3) is 0.417. The van der Waals surface area contributed by atoms with E-state index in [4.69, 9.17) is 14.0 Å². The van der Waals surface area contributed by atoms with Crippen LogP contribution < -0.4 is 9.47 Å². The van der Waals surface area contributed by atoms with E-state index in [1.807, 2.05) is 0 Å². The number of rotatable bonds is 8. The summed E-state index contributed by atoms with van der Waals surface area (Å²) in [5.41, 5.74) is 2.07. The summed E-state index contributed by atoms with van der Waals surface area (Å²) in [6.07, 6.45) is 2.90. The molecule has 1 radical (unpaired) electrons. The van der Waals surface area contributed by atoms with E-state index in [0.29, 0.717) is 35.2 Å².